The van der Waals surface area contributed by atoms with Crippen molar-refractivity contribution in [1.82, 2.24) is 0 Å². The lowest BCUT2D eigenvalue weighted by Gasteiger charge is -2.46. The normalized spacial score (nSPS) is 16.5. The van der Waals surface area contributed by atoms with Gasteiger partial charge in [-0.15, -0.1) is 0 Å². The molecule has 3 nitrogen and oxygen atoms in total. The monoisotopic (exact) mass is 298 g/mol. The summed E-state index contributed by atoms with van der Waals surface area (Å²) in [5.41, 5.74) is 3.67. The van der Waals surface area contributed by atoms with Crippen molar-refractivity contribution < 1.29 is 14.7 Å². The SMILES string of the molecule is CC(C)(C)[N+]1(Cc2ccccc2)Cc2cc(O)c(O)cc2C1. The Morgan fingerprint density at radius 2 is 1.41 bits per heavy atom. The van der Waals surface area contributed by atoms with Crippen molar-refractivity contribution in [2.75, 3.05) is 0 Å². The maximum absolute atomic E-state index is 9.79. The molecule has 0 bridgehead atoms. The van der Waals surface area contributed by atoms with E-state index in [1.807, 2.05) is 6.07 Å². The molecule has 1 aliphatic rings. The van der Waals surface area contributed by atoms with Gasteiger partial charge in [0.05, 0.1) is 5.54 Å². The zero-order chi connectivity index (χ0) is 16.0. The topological polar surface area (TPSA) is 40.5 Å². The average Bonchev–Trinajstić information content (AvgIpc) is 2.78. The molecule has 0 saturated carbocycles. The van der Waals surface area contributed by atoms with Crippen molar-refractivity contribution in [3.63, 3.8) is 0 Å². The molecule has 0 aliphatic carbocycles. The summed E-state index contributed by atoms with van der Waals surface area (Å²) in [6, 6.07) is 14.0. The molecule has 0 fully saturated rings. The molecule has 0 unspecified atom stereocenters. The van der Waals surface area contributed by atoms with Gasteiger partial charge in [-0.3, -0.25) is 0 Å². The quantitative estimate of drug-likeness (QED) is 0.651. The molecule has 0 spiro atoms. The summed E-state index contributed by atoms with van der Waals surface area (Å²) >= 11 is 0. The van der Waals surface area contributed by atoms with E-state index in [2.05, 4.69) is 45.0 Å². The van der Waals surface area contributed by atoms with Crippen molar-refractivity contribution in [3.8, 4) is 11.5 Å². The predicted molar refractivity (Wildman–Crippen MR) is 87.3 cm³/mol. The van der Waals surface area contributed by atoms with Crippen molar-refractivity contribution >= 4 is 0 Å². The van der Waals surface area contributed by atoms with E-state index in [9.17, 15) is 10.2 Å². The molecular formula is C19H24NO2+. The first-order valence-electron chi connectivity index (χ1n) is 7.75. The van der Waals surface area contributed by atoms with Gasteiger partial charge in [0.2, 0.25) is 0 Å². The Kier molecular flexibility index (Phi) is 3.41. The van der Waals surface area contributed by atoms with Crippen LogP contribution < -0.4 is 0 Å². The third kappa shape index (κ3) is 2.46. The first kappa shape index (κ1) is 14.9. The molecule has 0 atom stereocenters. The van der Waals surface area contributed by atoms with E-state index >= 15 is 0 Å². The highest BCUT2D eigenvalue weighted by atomic mass is 16.3. The highest BCUT2D eigenvalue weighted by Gasteiger charge is 2.45. The summed E-state index contributed by atoms with van der Waals surface area (Å²) in [5, 5.41) is 19.6. The first-order valence-corrected chi connectivity index (χ1v) is 7.75. The van der Waals surface area contributed by atoms with E-state index in [4.69, 9.17) is 0 Å². The van der Waals surface area contributed by atoms with Gasteiger partial charge >= 0.3 is 0 Å². The molecule has 1 heterocycles. The Bertz CT molecular complexity index is 656. The second-order valence-corrected chi connectivity index (χ2v) is 7.39. The molecule has 0 aromatic heterocycles. The number of phenols is 2. The fourth-order valence-corrected chi connectivity index (χ4v) is 3.42. The average molecular weight is 298 g/mol. The third-order valence-electron chi connectivity index (χ3n) is 4.99. The largest absolute Gasteiger partial charge is 0.504 e. The summed E-state index contributed by atoms with van der Waals surface area (Å²) in [5.74, 6) is -0.0419. The number of quaternary nitrogens is 1. The van der Waals surface area contributed by atoms with E-state index in [1.165, 1.54) is 5.56 Å². The van der Waals surface area contributed by atoms with E-state index in [0.717, 1.165) is 35.2 Å². The Balaban J connectivity index is 2.00. The van der Waals surface area contributed by atoms with Gasteiger partial charge in [0, 0.05) is 16.7 Å². The van der Waals surface area contributed by atoms with Gasteiger partial charge in [-0.2, -0.15) is 0 Å². The predicted octanol–water partition coefficient (Wildman–Crippen LogP) is 3.93. The molecule has 0 radical (unpaired) electrons. The molecule has 3 heteroatoms. The van der Waals surface area contributed by atoms with Gasteiger partial charge in [-0.25, -0.2) is 0 Å². The molecule has 116 valence electrons. The Hall–Kier alpha value is -2.00. The van der Waals surface area contributed by atoms with Crippen molar-refractivity contribution in [3.05, 3.63) is 59.2 Å². The maximum Gasteiger partial charge on any atom is 0.157 e. The lowest BCUT2D eigenvalue weighted by molar-refractivity contribution is -1.00. The van der Waals surface area contributed by atoms with Crippen LogP contribution in [0.2, 0.25) is 0 Å². The standard InChI is InChI=1S/C19H23NO2/c1-19(2,3)20(11-14-7-5-4-6-8-14)12-15-9-17(21)18(22)10-16(15)13-20/h4-10H,11-13H2,1-3H3,(H-,21,22)/p+1. The van der Waals surface area contributed by atoms with Crippen LogP contribution in [-0.4, -0.2) is 20.2 Å². The van der Waals surface area contributed by atoms with Gasteiger partial charge in [-0.1, -0.05) is 30.3 Å². The highest BCUT2D eigenvalue weighted by molar-refractivity contribution is 5.46. The summed E-state index contributed by atoms with van der Waals surface area (Å²) in [7, 11) is 0. The number of hydrogen-bond donors (Lipinski definition) is 2. The second kappa shape index (κ2) is 5.03. The second-order valence-electron chi connectivity index (χ2n) is 7.39. The lowest BCUT2D eigenvalue weighted by Crippen LogP contribution is -2.55. The minimum Gasteiger partial charge on any atom is -0.504 e. The van der Waals surface area contributed by atoms with Crippen LogP contribution in [0.1, 0.15) is 37.5 Å². The summed E-state index contributed by atoms with van der Waals surface area (Å²) < 4.78 is 0.898. The minimum absolute atomic E-state index is 0.0210. The fraction of sp³-hybridized carbons (Fsp3) is 0.368. The number of rotatable bonds is 2. The number of nitrogens with zero attached hydrogens (tertiary/aromatic N) is 1. The summed E-state index contributed by atoms with van der Waals surface area (Å²) in [4.78, 5) is 0. The Labute approximate surface area is 132 Å². The third-order valence-corrected chi connectivity index (χ3v) is 4.99. The molecule has 1 aliphatic heterocycles. The van der Waals surface area contributed by atoms with E-state index in [1.54, 1.807) is 12.1 Å². The van der Waals surface area contributed by atoms with Gasteiger partial charge in [0.25, 0.3) is 0 Å². The van der Waals surface area contributed by atoms with Crippen LogP contribution in [0, 0.1) is 0 Å². The Morgan fingerprint density at radius 1 is 0.909 bits per heavy atom. The molecule has 2 aromatic rings. The number of benzene rings is 2. The molecule has 22 heavy (non-hydrogen) atoms. The van der Waals surface area contributed by atoms with Gasteiger partial charge in [0.1, 0.15) is 19.6 Å². The van der Waals surface area contributed by atoms with Crippen molar-refractivity contribution in [1.29, 1.82) is 0 Å². The maximum atomic E-state index is 9.79. The van der Waals surface area contributed by atoms with Gasteiger partial charge < -0.3 is 14.7 Å². The smallest absolute Gasteiger partial charge is 0.157 e. The first-order chi connectivity index (χ1) is 10.3. The lowest BCUT2D eigenvalue weighted by atomic mass is 10.00. The highest BCUT2D eigenvalue weighted by Crippen LogP contribution is 2.43. The fourth-order valence-electron chi connectivity index (χ4n) is 3.42. The number of fused-ring (bicyclic) bond motifs is 1. The molecule has 0 amide bonds. The van der Waals surface area contributed by atoms with Crippen LogP contribution in [0.5, 0.6) is 11.5 Å². The van der Waals surface area contributed by atoms with Crippen molar-refractivity contribution in [2.45, 2.75) is 45.9 Å². The molecule has 0 saturated heterocycles. The van der Waals surface area contributed by atoms with Crippen LogP contribution in [0.15, 0.2) is 42.5 Å². The van der Waals surface area contributed by atoms with Gasteiger partial charge in [-0.05, 0) is 32.9 Å². The summed E-state index contributed by atoms with van der Waals surface area (Å²) in [6.07, 6.45) is 0. The van der Waals surface area contributed by atoms with Gasteiger partial charge in [0.15, 0.2) is 11.5 Å². The molecule has 3 rings (SSSR count). The number of phenolic OH excluding ortho intramolecular Hbond substituents is 2. The van der Waals surface area contributed by atoms with Crippen molar-refractivity contribution in [2.24, 2.45) is 0 Å². The van der Waals surface area contributed by atoms with Crippen LogP contribution in [-0.2, 0) is 19.6 Å². The number of aromatic hydroxyl groups is 2. The van der Waals surface area contributed by atoms with Crippen LogP contribution in [0.25, 0.3) is 0 Å². The minimum atomic E-state index is -0.0210. The van der Waals surface area contributed by atoms with E-state index in [-0.39, 0.29) is 17.0 Å². The van der Waals surface area contributed by atoms with Crippen LogP contribution in [0.3, 0.4) is 0 Å². The molecular weight excluding hydrogens is 274 g/mol. The number of hydrogen-bond acceptors (Lipinski definition) is 2. The zero-order valence-electron chi connectivity index (χ0n) is 13.5. The molecule has 2 aromatic carbocycles. The summed E-state index contributed by atoms with van der Waals surface area (Å²) in [6.45, 7) is 9.49. The van der Waals surface area contributed by atoms with E-state index in [0.29, 0.717) is 0 Å². The van der Waals surface area contributed by atoms with Crippen LogP contribution in [0.4, 0.5) is 0 Å². The molecule has 2 N–H and O–H groups in total. The van der Waals surface area contributed by atoms with Crippen LogP contribution >= 0.6 is 0 Å². The van der Waals surface area contributed by atoms with E-state index < -0.39 is 0 Å². The Morgan fingerprint density at radius 3 is 1.86 bits per heavy atom. The zero-order valence-corrected chi connectivity index (χ0v) is 13.5.